The topological polar surface area (TPSA) is 70.6 Å². The molecule has 2 unspecified atom stereocenters. The van der Waals surface area contributed by atoms with Crippen molar-refractivity contribution < 1.29 is 14.6 Å². The first-order chi connectivity index (χ1) is 9.63. The Bertz CT molecular complexity index is 460. The zero-order chi connectivity index (χ0) is 14.5. The maximum absolute atomic E-state index is 12.0. The zero-order valence-corrected chi connectivity index (χ0v) is 11.9. The molecule has 0 spiro atoms. The number of rotatable bonds is 6. The molecule has 0 saturated carbocycles. The Balaban J connectivity index is 1.88. The van der Waals surface area contributed by atoms with E-state index in [4.69, 9.17) is 4.74 Å². The van der Waals surface area contributed by atoms with Crippen LogP contribution < -0.4 is 15.4 Å². The summed E-state index contributed by atoms with van der Waals surface area (Å²) in [4.78, 5) is 12.0. The summed E-state index contributed by atoms with van der Waals surface area (Å²) in [6, 6.07) is 7.28. The monoisotopic (exact) mass is 278 g/mol. The third kappa shape index (κ3) is 3.29. The Morgan fingerprint density at radius 1 is 1.50 bits per heavy atom. The van der Waals surface area contributed by atoms with E-state index in [1.165, 1.54) is 0 Å². The summed E-state index contributed by atoms with van der Waals surface area (Å²) in [5, 5.41) is 16.1. The van der Waals surface area contributed by atoms with Gasteiger partial charge in [-0.1, -0.05) is 25.1 Å². The van der Waals surface area contributed by atoms with Crippen LogP contribution in [-0.4, -0.2) is 37.8 Å². The first kappa shape index (κ1) is 14.8. The molecule has 2 rings (SSSR count). The van der Waals surface area contributed by atoms with Crippen LogP contribution in [0.15, 0.2) is 24.3 Å². The molecule has 1 saturated heterocycles. The molecular formula is C15H22N2O3. The fourth-order valence-electron chi connectivity index (χ4n) is 2.29. The van der Waals surface area contributed by atoms with E-state index >= 15 is 0 Å². The lowest BCUT2D eigenvalue weighted by molar-refractivity contribution is -0.127. The number of para-hydroxylation sites is 1. The third-order valence-corrected chi connectivity index (χ3v) is 3.90. The lowest BCUT2D eigenvalue weighted by Gasteiger charge is -2.31. The number of ether oxygens (including phenoxy) is 1. The van der Waals surface area contributed by atoms with Gasteiger partial charge >= 0.3 is 0 Å². The number of aliphatic hydroxyl groups is 1. The summed E-state index contributed by atoms with van der Waals surface area (Å²) >= 11 is 0. The molecule has 1 aliphatic heterocycles. The Morgan fingerprint density at radius 3 is 2.80 bits per heavy atom. The number of nitrogens with one attached hydrogen (secondary N) is 2. The van der Waals surface area contributed by atoms with Crippen LogP contribution in [0.25, 0.3) is 0 Å². The maximum Gasteiger partial charge on any atom is 0.223 e. The van der Waals surface area contributed by atoms with Gasteiger partial charge < -0.3 is 20.5 Å². The van der Waals surface area contributed by atoms with Gasteiger partial charge in [-0.25, -0.2) is 0 Å². The van der Waals surface area contributed by atoms with E-state index in [-0.39, 0.29) is 18.4 Å². The van der Waals surface area contributed by atoms with E-state index in [0.717, 1.165) is 13.1 Å². The summed E-state index contributed by atoms with van der Waals surface area (Å²) in [6.45, 7) is 3.91. The van der Waals surface area contributed by atoms with Gasteiger partial charge in [0.1, 0.15) is 5.75 Å². The standard InChI is InChI=1S/C15H22N2O3/c1-10(11-7-16-8-11)15(19)17-9-13(18)12-5-3-4-6-14(12)20-2/h3-6,10-11,13,16,18H,7-9H2,1-2H3,(H,17,19). The van der Waals surface area contributed by atoms with Crippen molar-refractivity contribution in [2.45, 2.75) is 13.0 Å². The first-order valence-electron chi connectivity index (χ1n) is 6.93. The molecule has 0 aliphatic carbocycles. The zero-order valence-electron chi connectivity index (χ0n) is 11.9. The van der Waals surface area contributed by atoms with Gasteiger partial charge in [0.25, 0.3) is 0 Å². The fraction of sp³-hybridized carbons (Fsp3) is 0.533. The second kappa shape index (κ2) is 6.72. The van der Waals surface area contributed by atoms with E-state index in [2.05, 4.69) is 10.6 Å². The highest BCUT2D eigenvalue weighted by atomic mass is 16.5. The molecule has 0 radical (unpaired) electrons. The van der Waals surface area contributed by atoms with Crippen molar-refractivity contribution in [2.75, 3.05) is 26.7 Å². The molecule has 1 aliphatic rings. The van der Waals surface area contributed by atoms with Crippen molar-refractivity contribution in [3.63, 3.8) is 0 Å². The predicted molar refractivity (Wildman–Crippen MR) is 76.5 cm³/mol. The number of amides is 1. The molecule has 5 heteroatoms. The van der Waals surface area contributed by atoms with Gasteiger partial charge in [0.2, 0.25) is 5.91 Å². The lowest BCUT2D eigenvalue weighted by Crippen LogP contribution is -2.50. The normalized spacial score (nSPS) is 17.9. The van der Waals surface area contributed by atoms with Gasteiger partial charge in [0.05, 0.1) is 13.2 Å². The summed E-state index contributed by atoms with van der Waals surface area (Å²) in [7, 11) is 1.57. The van der Waals surface area contributed by atoms with Gasteiger partial charge in [0.15, 0.2) is 0 Å². The number of hydrogen-bond acceptors (Lipinski definition) is 4. The molecule has 110 valence electrons. The Kier molecular flexibility index (Phi) is 4.98. The quantitative estimate of drug-likeness (QED) is 0.716. The lowest BCUT2D eigenvalue weighted by atomic mass is 9.88. The number of carbonyl (C=O) groups is 1. The Morgan fingerprint density at radius 2 is 2.20 bits per heavy atom. The van der Waals surface area contributed by atoms with Gasteiger partial charge in [0, 0.05) is 18.0 Å². The second-order valence-corrected chi connectivity index (χ2v) is 5.21. The van der Waals surface area contributed by atoms with E-state index < -0.39 is 6.10 Å². The summed E-state index contributed by atoms with van der Waals surface area (Å²) in [5.41, 5.74) is 0.688. The van der Waals surface area contributed by atoms with Crippen LogP contribution in [0.1, 0.15) is 18.6 Å². The number of benzene rings is 1. The molecule has 0 aromatic heterocycles. The molecule has 1 aromatic rings. The molecule has 1 heterocycles. The minimum Gasteiger partial charge on any atom is -0.496 e. The van der Waals surface area contributed by atoms with Crippen LogP contribution in [0.4, 0.5) is 0 Å². The van der Waals surface area contributed by atoms with Crippen molar-refractivity contribution in [3.8, 4) is 5.75 Å². The Labute approximate surface area is 119 Å². The number of hydrogen-bond donors (Lipinski definition) is 3. The highest BCUT2D eigenvalue weighted by molar-refractivity contribution is 5.78. The largest absolute Gasteiger partial charge is 0.496 e. The van der Waals surface area contributed by atoms with E-state index in [0.29, 0.717) is 17.2 Å². The van der Waals surface area contributed by atoms with Crippen LogP contribution in [0.2, 0.25) is 0 Å². The van der Waals surface area contributed by atoms with Gasteiger partial charge in [-0.15, -0.1) is 0 Å². The Hall–Kier alpha value is -1.59. The first-order valence-corrected chi connectivity index (χ1v) is 6.93. The van der Waals surface area contributed by atoms with Crippen molar-refractivity contribution in [1.29, 1.82) is 0 Å². The molecule has 5 nitrogen and oxygen atoms in total. The number of methoxy groups -OCH3 is 1. The van der Waals surface area contributed by atoms with Crippen LogP contribution in [0, 0.1) is 11.8 Å². The molecular weight excluding hydrogens is 256 g/mol. The summed E-state index contributed by atoms with van der Waals surface area (Å²) in [6.07, 6.45) is -0.762. The molecule has 3 N–H and O–H groups in total. The molecule has 1 aromatic carbocycles. The van der Waals surface area contributed by atoms with Crippen LogP contribution in [0.5, 0.6) is 5.75 Å². The van der Waals surface area contributed by atoms with Crippen LogP contribution >= 0.6 is 0 Å². The summed E-state index contributed by atoms with van der Waals surface area (Å²) in [5.74, 6) is 0.996. The van der Waals surface area contributed by atoms with E-state index in [9.17, 15) is 9.90 Å². The molecule has 0 bridgehead atoms. The smallest absolute Gasteiger partial charge is 0.223 e. The van der Waals surface area contributed by atoms with Crippen molar-refractivity contribution >= 4 is 5.91 Å². The molecule has 2 atom stereocenters. The second-order valence-electron chi connectivity index (χ2n) is 5.21. The van der Waals surface area contributed by atoms with Gasteiger partial charge in [-0.05, 0) is 25.1 Å². The van der Waals surface area contributed by atoms with Gasteiger partial charge in [-0.2, -0.15) is 0 Å². The molecule has 20 heavy (non-hydrogen) atoms. The third-order valence-electron chi connectivity index (χ3n) is 3.90. The van der Waals surface area contributed by atoms with Crippen LogP contribution in [0.3, 0.4) is 0 Å². The maximum atomic E-state index is 12.0. The van der Waals surface area contributed by atoms with E-state index in [1.54, 1.807) is 19.2 Å². The van der Waals surface area contributed by atoms with E-state index in [1.807, 2.05) is 19.1 Å². The summed E-state index contributed by atoms with van der Waals surface area (Å²) < 4.78 is 5.20. The molecule has 1 fully saturated rings. The highest BCUT2D eigenvalue weighted by Gasteiger charge is 2.28. The van der Waals surface area contributed by atoms with Crippen molar-refractivity contribution in [1.82, 2.24) is 10.6 Å². The molecule has 1 amide bonds. The van der Waals surface area contributed by atoms with Crippen molar-refractivity contribution in [3.05, 3.63) is 29.8 Å². The average molecular weight is 278 g/mol. The number of carbonyl (C=O) groups excluding carboxylic acids is 1. The minimum atomic E-state index is -0.762. The predicted octanol–water partition coefficient (Wildman–Crippen LogP) is 0.700. The average Bonchev–Trinajstić information content (AvgIpc) is 2.42. The SMILES string of the molecule is COc1ccccc1C(O)CNC(=O)C(C)C1CNC1. The van der Waals surface area contributed by atoms with Crippen molar-refractivity contribution in [2.24, 2.45) is 11.8 Å². The van der Waals surface area contributed by atoms with Crippen LogP contribution in [-0.2, 0) is 4.79 Å². The number of aliphatic hydroxyl groups excluding tert-OH is 1. The van der Waals surface area contributed by atoms with Gasteiger partial charge in [-0.3, -0.25) is 4.79 Å². The fourth-order valence-corrected chi connectivity index (χ4v) is 2.29. The minimum absolute atomic E-state index is 0.00884. The highest BCUT2D eigenvalue weighted by Crippen LogP contribution is 2.24.